The third kappa shape index (κ3) is 5.18. The number of aromatic nitrogens is 3. The van der Waals surface area contributed by atoms with E-state index in [1.165, 1.54) is 28.0 Å². The molecule has 1 aliphatic rings. The van der Waals surface area contributed by atoms with E-state index >= 15 is 0 Å². The largest absolute Gasteiger partial charge is 0.485 e. The molecule has 0 spiro atoms. The fourth-order valence-corrected chi connectivity index (χ4v) is 6.10. The summed E-state index contributed by atoms with van der Waals surface area (Å²) in [4.78, 5) is 13.9. The molecule has 0 atom stereocenters. The minimum Gasteiger partial charge on any atom is -0.485 e. The van der Waals surface area contributed by atoms with E-state index in [4.69, 9.17) is 4.74 Å². The summed E-state index contributed by atoms with van der Waals surface area (Å²) in [7, 11) is 0. The number of hydrogen-bond acceptors (Lipinski definition) is 7. The molecule has 1 amide bonds. The molecule has 0 saturated heterocycles. The van der Waals surface area contributed by atoms with Crippen molar-refractivity contribution in [1.82, 2.24) is 14.8 Å². The van der Waals surface area contributed by atoms with Crippen LogP contribution in [-0.2, 0) is 30.8 Å². The first kappa shape index (κ1) is 24.0. The van der Waals surface area contributed by atoms with Crippen molar-refractivity contribution in [2.75, 3.05) is 11.1 Å². The fraction of sp³-hybridized carbons (Fsp3) is 0.360. The predicted molar refractivity (Wildman–Crippen MR) is 135 cm³/mol. The highest BCUT2D eigenvalue weighted by atomic mass is 32.2. The number of thiophene rings is 1. The van der Waals surface area contributed by atoms with Crippen LogP contribution in [0, 0.1) is 25.2 Å². The number of ether oxygens (including phenoxy) is 1. The zero-order valence-corrected chi connectivity index (χ0v) is 21.0. The molecule has 4 rings (SSSR count). The van der Waals surface area contributed by atoms with Gasteiger partial charge in [-0.15, -0.1) is 28.1 Å². The van der Waals surface area contributed by atoms with Gasteiger partial charge in [-0.05, 0) is 56.2 Å². The van der Waals surface area contributed by atoms with Crippen molar-refractivity contribution in [3.8, 4) is 11.8 Å². The van der Waals surface area contributed by atoms with Crippen LogP contribution >= 0.6 is 23.1 Å². The van der Waals surface area contributed by atoms with Crippen LogP contribution < -0.4 is 10.1 Å². The molecule has 1 aromatic carbocycles. The number of hydrogen-bond donors (Lipinski definition) is 1. The van der Waals surface area contributed by atoms with Crippen molar-refractivity contribution in [2.45, 2.75) is 57.8 Å². The number of nitrogens with zero attached hydrogens (tertiary/aromatic N) is 4. The Morgan fingerprint density at radius 1 is 1.32 bits per heavy atom. The number of amides is 1. The Hall–Kier alpha value is -3.09. The summed E-state index contributed by atoms with van der Waals surface area (Å²) in [6.07, 6.45) is 5.89. The summed E-state index contributed by atoms with van der Waals surface area (Å²) >= 11 is 2.84. The van der Waals surface area contributed by atoms with E-state index < -0.39 is 0 Å². The maximum absolute atomic E-state index is 12.7. The van der Waals surface area contributed by atoms with Crippen LogP contribution in [0.4, 0.5) is 5.00 Å². The molecule has 7 nitrogen and oxygen atoms in total. The van der Waals surface area contributed by atoms with Crippen LogP contribution in [0.2, 0.25) is 0 Å². The Kier molecular flexibility index (Phi) is 7.70. The number of aryl methyl sites for hydroxylation is 3. The quantitative estimate of drug-likeness (QED) is 0.325. The average Bonchev–Trinajstić information content (AvgIpc) is 3.37. The number of carbonyl (C=O) groups is 1. The lowest BCUT2D eigenvalue weighted by Gasteiger charge is -2.12. The van der Waals surface area contributed by atoms with Crippen molar-refractivity contribution in [2.24, 2.45) is 0 Å². The molecule has 0 bridgehead atoms. The van der Waals surface area contributed by atoms with Gasteiger partial charge in [-0.1, -0.05) is 36.0 Å². The van der Waals surface area contributed by atoms with Gasteiger partial charge in [0, 0.05) is 11.4 Å². The Morgan fingerprint density at radius 2 is 2.09 bits per heavy atom. The normalized spacial score (nSPS) is 12.6. The Balaban J connectivity index is 1.42. The van der Waals surface area contributed by atoms with E-state index in [-0.39, 0.29) is 18.3 Å². The van der Waals surface area contributed by atoms with Crippen LogP contribution in [0.5, 0.6) is 5.75 Å². The van der Waals surface area contributed by atoms with Gasteiger partial charge in [0.15, 0.2) is 11.0 Å². The summed E-state index contributed by atoms with van der Waals surface area (Å²) in [5.74, 6) is 1.52. The summed E-state index contributed by atoms with van der Waals surface area (Å²) in [6, 6.07) is 8.31. The summed E-state index contributed by atoms with van der Waals surface area (Å²) in [6.45, 7) is 8.64. The first-order valence-electron chi connectivity index (χ1n) is 11.2. The topological polar surface area (TPSA) is 92.8 Å². The molecule has 0 unspecified atom stereocenters. The number of nitrogens with one attached hydrogen (secondary N) is 1. The Morgan fingerprint density at radius 3 is 2.82 bits per heavy atom. The van der Waals surface area contributed by atoms with Crippen molar-refractivity contribution in [3.63, 3.8) is 0 Å². The molecule has 2 heterocycles. The number of anilines is 1. The third-order valence-electron chi connectivity index (χ3n) is 5.73. The summed E-state index contributed by atoms with van der Waals surface area (Å²) < 4.78 is 7.95. The highest BCUT2D eigenvalue weighted by Gasteiger charge is 2.22. The molecule has 0 aliphatic heterocycles. The summed E-state index contributed by atoms with van der Waals surface area (Å²) in [5, 5.41) is 22.4. The van der Waals surface area contributed by atoms with Crippen molar-refractivity contribution in [3.05, 3.63) is 63.8 Å². The first-order chi connectivity index (χ1) is 16.5. The van der Waals surface area contributed by atoms with E-state index in [0.717, 1.165) is 48.1 Å². The van der Waals surface area contributed by atoms with Gasteiger partial charge in [0.05, 0.1) is 11.3 Å². The van der Waals surface area contributed by atoms with E-state index in [9.17, 15) is 10.1 Å². The zero-order chi connectivity index (χ0) is 24.1. The second kappa shape index (κ2) is 10.9. The number of rotatable bonds is 9. The fourth-order valence-electron chi connectivity index (χ4n) is 4.07. The van der Waals surface area contributed by atoms with Gasteiger partial charge in [0.25, 0.3) is 0 Å². The van der Waals surface area contributed by atoms with Gasteiger partial charge in [-0.3, -0.25) is 9.36 Å². The number of para-hydroxylation sites is 1. The van der Waals surface area contributed by atoms with Gasteiger partial charge in [0.1, 0.15) is 23.4 Å². The SMILES string of the molecule is C=CCn1c(COc2c(C)cccc2C)nnc1SCC(=O)Nc1sc2c(c1C#N)CCCC2. The van der Waals surface area contributed by atoms with Crippen LogP contribution in [-0.4, -0.2) is 26.4 Å². The van der Waals surface area contributed by atoms with Crippen molar-refractivity contribution < 1.29 is 9.53 Å². The number of fused-ring (bicyclic) bond motifs is 1. The van der Waals surface area contributed by atoms with E-state index in [2.05, 4.69) is 28.2 Å². The molecule has 176 valence electrons. The third-order valence-corrected chi connectivity index (χ3v) is 7.90. The molecule has 1 aliphatic carbocycles. The van der Waals surface area contributed by atoms with Gasteiger partial charge >= 0.3 is 0 Å². The molecule has 0 radical (unpaired) electrons. The van der Waals surface area contributed by atoms with Crippen LogP contribution in [0.15, 0.2) is 36.0 Å². The molecule has 3 aromatic rings. The monoisotopic (exact) mass is 493 g/mol. The number of thioether (sulfide) groups is 1. The van der Waals surface area contributed by atoms with E-state index in [0.29, 0.717) is 28.1 Å². The minimum atomic E-state index is -0.165. The molecule has 2 aromatic heterocycles. The van der Waals surface area contributed by atoms with Crippen LogP contribution in [0.1, 0.15) is 45.8 Å². The van der Waals surface area contributed by atoms with Crippen LogP contribution in [0.3, 0.4) is 0 Å². The highest BCUT2D eigenvalue weighted by Crippen LogP contribution is 2.37. The van der Waals surface area contributed by atoms with Gasteiger partial charge in [-0.25, -0.2) is 0 Å². The Labute approximate surface area is 207 Å². The molecule has 9 heteroatoms. The second-order valence-corrected chi connectivity index (χ2v) is 10.2. The highest BCUT2D eigenvalue weighted by molar-refractivity contribution is 7.99. The molecular formula is C25H27N5O2S2. The Bertz CT molecular complexity index is 1230. The van der Waals surface area contributed by atoms with Crippen molar-refractivity contribution >= 4 is 34.0 Å². The second-order valence-electron chi connectivity index (χ2n) is 8.17. The maximum atomic E-state index is 12.7. The lowest BCUT2D eigenvalue weighted by molar-refractivity contribution is -0.113. The number of benzene rings is 1. The predicted octanol–water partition coefficient (Wildman–Crippen LogP) is 5.20. The molecule has 0 saturated carbocycles. The van der Waals surface area contributed by atoms with Crippen LogP contribution in [0.25, 0.3) is 0 Å². The molecule has 34 heavy (non-hydrogen) atoms. The van der Waals surface area contributed by atoms with Crippen molar-refractivity contribution in [1.29, 1.82) is 5.26 Å². The summed E-state index contributed by atoms with van der Waals surface area (Å²) in [5.41, 5.74) is 3.86. The van der Waals surface area contributed by atoms with Gasteiger partial charge < -0.3 is 10.1 Å². The average molecular weight is 494 g/mol. The maximum Gasteiger partial charge on any atom is 0.235 e. The lowest BCUT2D eigenvalue weighted by Crippen LogP contribution is -2.15. The minimum absolute atomic E-state index is 0.165. The molecular weight excluding hydrogens is 466 g/mol. The van der Waals surface area contributed by atoms with Gasteiger partial charge in [0.2, 0.25) is 5.91 Å². The number of nitriles is 1. The van der Waals surface area contributed by atoms with Gasteiger partial charge in [-0.2, -0.15) is 5.26 Å². The number of allylic oxidation sites excluding steroid dienone is 1. The lowest BCUT2D eigenvalue weighted by atomic mass is 9.96. The smallest absolute Gasteiger partial charge is 0.235 e. The number of carbonyl (C=O) groups excluding carboxylic acids is 1. The molecule has 1 N–H and O–H groups in total. The standard InChI is InChI=1S/C25H27N5O2S2/c1-4-12-30-21(14-32-23-16(2)8-7-9-17(23)3)28-29-25(30)33-15-22(31)27-24-19(13-26)18-10-5-6-11-20(18)34-24/h4,7-9H,1,5-6,10-12,14-15H2,2-3H3,(H,27,31). The van der Waals surface area contributed by atoms with E-state index in [1.807, 2.05) is 36.6 Å². The zero-order valence-electron chi connectivity index (χ0n) is 19.4. The van der Waals surface area contributed by atoms with E-state index in [1.54, 1.807) is 6.08 Å². The first-order valence-corrected chi connectivity index (χ1v) is 13.0. The molecule has 0 fully saturated rings.